The summed E-state index contributed by atoms with van der Waals surface area (Å²) in [5.74, 6) is -0.617. The van der Waals surface area contributed by atoms with Gasteiger partial charge in [0.1, 0.15) is 17.8 Å². The Morgan fingerprint density at radius 1 is 1.24 bits per heavy atom. The van der Waals surface area contributed by atoms with Gasteiger partial charge in [0.2, 0.25) is 0 Å². The van der Waals surface area contributed by atoms with E-state index in [2.05, 4.69) is 37.4 Å². The molecule has 5 atom stereocenters. The van der Waals surface area contributed by atoms with Crippen molar-refractivity contribution in [1.82, 2.24) is 5.32 Å². The summed E-state index contributed by atoms with van der Waals surface area (Å²) in [5.41, 5.74) is 6.06. The highest BCUT2D eigenvalue weighted by Crippen LogP contribution is 2.60. The van der Waals surface area contributed by atoms with E-state index in [0.29, 0.717) is 6.54 Å². The van der Waals surface area contributed by atoms with Crippen molar-refractivity contribution in [2.45, 2.75) is 76.2 Å². The lowest BCUT2D eigenvalue weighted by molar-refractivity contribution is -0.139. The second-order valence-electron chi connectivity index (χ2n) is 10.8. The molecule has 34 heavy (non-hydrogen) atoms. The summed E-state index contributed by atoms with van der Waals surface area (Å²) in [6, 6.07) is 12.6. The van der Waals surface area contributed by atoms with Gasteiger partial charge < -0.3 is 25.0 Å². The molecule has 0 bridgehead atoms. The average molecular weight is 466 g/mol. The second kappa shape index (κ2) is 8.99. The van der Waals surface area contributed by atoms with E-state index in [9.17, 15) is 15.0 Å². The Kier molecular flexibility index (Phi) is 6.17. The van der Waals surface area contributed by atoms with Crippen molar-refractivity contribution in [1.29, 1.82) is 0 Å². The molecule has 1 heterocycles. The second-order valence-corrected chi connectivity index (χ2v) is 10.8. The minimum atomic E-state index is -0.812. The molecule has 3 aliphatic rings. The van der Waals surface area contributed by atoms with Crippen LogP contribution in [-0.4, -0.2) is 47.1 Å². The molecule has 182 valence electrons. The van der Waals surface area contributed by atoms with Crippen molar-refractivity contribution in [2.75, 3.05) is 13.2 Å². The molecule has 0 amide bonds. The first-order chi connectivity index (χ1) is 16.2. The fourth-order valence-electron chi connectivity index (χ4n) is 5.70. The number of aliphatic hydroxyl groups excluding tert-OH is 1. The molecule has 3 N–H and O–H groups in total. The highest BCUT2D eigenvalue weighted by molar-refractivity contribution is 5.79. The molecule has 0 radical (unpaired) electrons. The number of carbonyl (C=O) groups is 1. The number of carboxylic acids is 1. The van der Waals surface area contributed by atoms with Crippen LogP contribution in [0, 0.1) is 5.92 Å². The summed E-state index contributed by atoms with van der Waals surface area (Å²) >= 11 is 0. The summed E-state index contributed by atoms with van der Waals surface area (Å²) in [5, 5.41) is 23.5. The first-order valence-electron chi connectivity index (χ1n) is 12.4. The minimum absolute atomic E-state index is 0.0960. The molecular weight excluding hydrogens is 430 g/mol. The maximum Gasteiger partial charge on any atom is 0.311 e. The van der Waals surface area contributed by atoms with Crippen LogP contribution in [0.25, 0.3) is 0 Å². The molecule has 0 spiro atoms. The van der Waals surface area contributed by atoms with Crippen LogP contribution < -0.4 is 10.1 Å². The van der Waals surface area contributed by atoms with Gasteiger partial charge in [0.25, 0.3) is 0 Å². The number of nitrogens with one attached hydrogen (secondary N) is 1. The van der Waals surface area contributed by atoms with Crippen LogP contribution in [0.1, 0.15) is 67.0 Å². The lowest BCUT2D eigenvalue weighted by Crippen LogP contribution is -2.46. The number of fused-ring (bicyclic) bond motifs is 4. The number of ether oxygens (including phenoxy) is 2. The number of aliphatic carboxylic acids is 1. The van der Waals surface area contributed by atoms with Crippen molar-refractivity contribution < 1.29 is 24.5 Å². The van der Waals surface area contributed by atoms with Crippen molar-refractivity contribution in [3.63, 3.8) is 0 Å². The number of hydrogen-bond acceptors (Lipinski definition) is 5. The number of benzene rings is 2. The number of carboxylic acid groups (broad SMARTS) is 1. The number of β-amino-alcohol motifs (C(OH)–C–C–N with tert-alkyl or cyclic N) is 1. The normalized spacial score (nSPS) is 24.1. The van der Waals surface area contributed by atoms with Crippen LogP contribution in [0.15, 0.2) is 36.4 Å². The summed E-state index contributed by atoms with van der Waals surface area (Å²) < 4.78 is 11.8. The van der Waals surface area contributed by atoms with Crippen molar-refractivity contribution in [2.24, 2.45) is 5.92 Å². The molecule has 1 saturated carbocycles. The Hall–Kier alpha value is -2.41. The maximum atomic E-state index is 11.4. The van der Waals surface area contributed by atoms with Gasteiger partial charge in [-0.2, -0.15) is 0 Å². The zero-order chi connectivity index (χ0) is 24.0. The summed E-state index contributed by atoms with van der Waals surface area (Å²) in [4.78, 5) is 11.4. The standard InChI is InChI=1S/C28H35NO5/c1-16(21-8-5-9-22-23(21)24-25(27(31)32)26(24)34-22)33-15-20(30)14-29-28(2,3)13-17-10-11-18-6-4-7-19(18)12-17/h5,8-12,16,20,24-26,29-30H,4,6-7,13-15H2,1-3H3,(H,31,32)/t16-,20-,24+,25+,26+/m1/s1. The van der Waals surface area contributed by atoms with Gasteiger partial charge in [-0.15, -0.1) is 0 Å². The van der Waals surface area contributed by atoms with Crippen LogP contribution in [-0.2, 0) is 28.8 Å². The Morgan fingerprint density at radius 2 is 2.03 bits per heavy atom. The number of aliphatic hydroxyl groups is 1. The van der Waals surface area contributed by atoms with E-state index in [1.807, 2.05) is 25.1 Å². The van der Waals surface area contributed by atoms with E-state index in [-0.39, 0.29) is 30.3 Å². The molecule has 2 aromatic rings. The summed E-state index contributed by atoms with van der Waals surface area (Å²) in [6.45, 7) is 6.90. The van der Waals surface area contributed by atoms with Gasteiger partial charge >= 0.3 is 5.97 Å². The third-order valence-corrected chi connectivity index (χ3v) is 7.54. The Bertz CT molecular complexity index is 1080. The zero-order valence-electron chi connectivity index (χ0n) is 20.2. The highest BCUT2D eigenvalue weighted by Gasteiger charge is 2.63. The molecule has 2 aliphatic carbocycles. The van der Waals surface area contributed by atoms with Crippen LogP contribution in [0.3, 0.4) is 0 Å². The van der Waals surface area contributed by atoms with E-state index in [1.165, 1.54) is 36.0 Å². The van der Waals surface area contributed by atoms with Gasteiger partial charge in [0.05, 0.1) is 18.8 Å². The van der Waals surface area contributed by atoms with E-state index in [0.717, 1.165) is 23.3 Å². The molecule has 5 rings (SSSR count). The third-order valence-electron chi connectivity index (χ3n) is 7.54. The van der Waals surface area contributed by atoms with E-state index in [1.54, 1.807) is 0 Å². The van der Waals surface area contributed by atoms with Crippen LogP contribution in [0.4, 0.5) is 0 Å². The first-order valence-corrected chi connectivity index (χ1v) is 12.4. The number of hydrogen-bond donors (Lipinski definition) is 3. The minimum Gasteiger partial charge on any atom is -0.489 e. The molecule has 6 heteroatoms. The smallest absolute Gasteiger partial charge is 0.311 e. The van der Waals surface area contributed by atoms with E-state index < -0.39 is 18.0 Å². The van der Waals surface area contributed by atoms with E-state index in [4.69, 9.17) is 9.47 Å². The van der Waals surface area contributed by atoms with Gasteiger partial charge in [-0.05, 0) is 74.8 Å². The first kappa shape index (κ1) is 23.3. The monoisotopic (exact) mass is 465 g/mol. The molecule has 2 aromatic carbocycles. The van der Waals surface area contributed by atoms with Gasteiger partial charge in [0.15, 0.2) is 0 Å². The Balaban J connectivity index is 1.13. The molecule has 6 nitrogen and oxygen atoms in total. The van der Waals surface area contributed by atoms with Gasteiger partial charge in [-0.3, -0.25) is 4.79 Å². The third kappa shape index (κ3) is 4.59. The number of rotatable bonds is 10. The maximum absolute atomic E-state index is 11.4. The van der Waals surface area contributed by atoms with Gasteiger partial charge in [-0.1, -0.05) is 30.3 Å². The van der Waals surface area contributed by atoms with Crippen molar-refractivity contribution >= 4 is 5.97 Å². The Labute approximate surface area is 201 Å². The van der Waals surface area contributed by atoms with Crippen molar-refractivity contribution in [3.05, 3.63) is 64.2 Å². The summed E-state index contributed by atoms with van der Waals surface area (Å²) in [6.07, 6.45) is 3.36. The van der Waals surface area contributed by atoms with Gasteiger partial charge in [0, 0.05) is 23.6 Å². The number of aryl methyl sites for hydroxylation is 2. The molecule has 1 fully saturated rings. The predicted molar refractivity (Wildman–Crippen MR) is 129 cm³/mol. The lowest BCUT2D eigenvalue weighted by Gasteiger charge is -2.28. The zero-order valence-corrected chi connectivity index (χ0v) is 20.2. The quantitative estimate of drug-likeness (QED) is 0.495. The molecule has 0 aromatic heterocycles. The topological polar surface area (TPSA) is 88.0 Å². The van der Waals surface area contributed by atoms with Gasteiger partial charge in [-0.25, -0.2) is 0 Å². The van der Waals surface area contributed by atoms with E-state index >= 15 is 0 Å². The molecular formula is C28H35NO5. The van der Waals surface area contributed by atoms with Crippen LogP contribution >= 0.6 is 0 Å². The largest absolute Gasteiger partial charge is 0.489 e. The summed E-state index contributed by atoms with van der Waals surface area (Å²) in [7, 11) is 0. The van der Waals surface area contributed by atoms with Crippen LogP contribution in [0.2, 0.25) is 0 Å². The fraction of sp³-hybridized carbons (Fsp3) is 0.536. The fourth-order valence-corrected chi connectivity index (χ4v) is 5.70. The SMILES string of the molecule is C[C@@H](OC[C@H](O)CNC(C)(C)Cc1ccc2c(c1)CCC2)c1cccc2c1[C@@H]1[C@H](O2)[C@H]1C(=O)O. The van der Waals surface area contributed by atoms with Crippen LogP contribution in [0.5, 0.6) is 5.75 Å². The van der Waals surface area contributed by atoms with Crippen molar-refractivity contribution in [3.8, 4) is 5.75 Å². The predicted octanol–water partition coefficient (Wildman–Crippen LogP) is 3.78. The highest BCUT2D eigenvalue weighted by atomic mass is 16.5. The molecule has 1 aliphatic heterocycles. The average Bonchev–Trinajstić information content (AvgIpc) is 3.12. The lowest BCUT2D eigenvalue weighted by atomic mass is 9.93. The molecule has 0 unspecified atom stereocenters. The Morgan fingerprint density at radius 3 is 2.82 bits per heavy atom. The molecule has 0 saturated heterocycles.